The second-order valence-electron chi connectivity index (χ2n) is 6.64. The molecule has 0 spiro atoms. The van der Waals surface area contributed by atoms with Crippen molar-refractivity contribution >= 4 is 17.3 Å². The number of benzene rings is 2. The minimum atomic E-state index is -0.550. The number of aromatic nitrogens is 1. The second kappa shape index (κ2) is 8.52. The molecule has 5 nitrogen and oxygen atoms in total. The third-order valence-electron chi connectivity index (χ3n) is 4.12. The van der Waals surface area contributed by atoms with Gasteiger partial charge in [0.1, 0.15) is 17.6 Å². The largest absolute Gasteiger partial charge is 0.439 e. The van der Waals surface area contributed by atoms with E-state index in [1.165, 1.54) is 6.07 Å². The van der Waals surface area contributed by atoms with Gasteiger partial charge in [-0.05, 0) is 68.3 Å². The molecule has 28 heavy (non-hydrogen) atoms. The predicted molar refractivity (Wildman–Crippen MR) is 108 cm³/mol. The number of carbonyl (C=O) groups excluding carboxylic acids is 1. The van der Waals surface area contributed by atoms with E-state index < -0.39 is 11.9 Å². The number of hydrogen-bond acceptors (Lipinski definition) is 4. The smallest absolute Gasteiger partial charge is 0.246 e. The van der Waals surface area contributed by atoms with Crippen LogP contribution in [0.1, 0.15) is 18.1 Å². The van der Waals surface area contributed by atoms with E-state index in [0.717, 1.165) is 16.8 Å². The van der Waals surface area contributed by atoms with Gasteiger partial charge in [0.25, 0.3) is 0 Å². The van der Waals surface area contributed by atoms with E-state index in [2.05, 4.69) is 15.6 Å². The number of nitrogens with zero attached hydrogens (tertiary/aromatic N) is 1. The molecule has 1 heterocycles. The Morgan fingerprint density at radius 3 is 2.39 bits per heavy atom. The summed E-state index contributed by atoms with van der Waals surface area (Å²) < 4.78 is 19.6. The Kier molecular flexibility index (Phi) is 5.89. The number of halogens is 1. The molecule has 0 bridgehead atoms. The van der Waals surface area contributed by atoms with E-state index in [1.807, 2.05) is 13.0 Å². The molecule has 1 amide bonds. The normalized spacial score (nSPS) is 11.6. The Bertz CT molecular complexity index is 957. The van der Waals surface area contributed by atoms with Gasteiger partial charge in [0.05, 0.1) is 5.69 Å². The molecule has 0 saturated carbocycles. The Morgan fingerprint density at radius 2 is 1.75 bits per heavy atom. The van der Waals surface area contributed by atoms with Crippen LogP contribution in [0.5, 0.6) is 11.6 Å². The molecule has 0 saturated heterocycles. The SMILES string of the molecule is Cc1ccc(Oc2ccc(NC(C)C(=O)Nc3ccc(C)cc3F)cc2)nc1. The van der Waals surface area contributed by atoms with Gasteiger partial charge in [-0.3, -0.25) is 4.79 Å². The van der Waals surface area contributed by atoms with Crippen LogP contribution in [-0.4, -0.2) is 16.9 Å². The van der Waals surface area contributed by atoms with Gasteiger partial charge in [0.15, 0.2) is 0 Å². The molecule has 2 aromatic carbocycles. The number of anilines is 2. The van der Waals surface area contributed by atoms with Gasteiger partial charge in [-0.2, -0.15) is 0 Å². The van der Waals surface area contributed by atoms with Crippen LogP contribution in [0.2, 0.25) is 0 Å². The Morgan fingerprint density at radius 1 is 1.04 bits per heavy atom. The highest BCUT2D eigenvalue weighted by atomic mass is 19.1. The topological polar surface area (TPSA) is 63.2 Å². The molecule has 0 aliphatic carbocycles. The number of ether oxygens (including phenoxy) is 1. The molecule has 144 valence electrons. The van der Waals surface area contributed by atoms with Gasteiger partial charge in [0, 0.05) is 18.0 Å². The average Bonchev–Trinajstić information content (AvgIpc) is 2.67. The van der Waals surface area contributed by atoms with Crippen molar-refractivity contribution in [2.75, 3.05) is 10.6 Å². The van der Waals surface area contributed by atoms with Gasteiger partial charge in [-0.15, -0.1) is 0 Å². The molecule has 1 aromatic heterocycles. The van der Waals surface area contributed by atoms with Gasteiger partial charge < -0.3 is 15.4 Å². The fourth-order valence-electron chi connectivity index (χ4n) is 2.53. The summed E-state index contributed by atoms with van der Waals surface area (Å²) in [7, 11) is 0. The lowest BCUT2D eigenvalue weighted by Gasteiger charge is -2.16. The van der Waals surface area contributed by atoms with Crippen molar-refractivity contribution in [3.8, 4) is 11.6 Å². The quantitative estimate of drug-likeness (QED) is 0.628. The standard InChI is InChI=1S/C22H22FN3O2/c1-14-4-10-20(19(23)12-14)26-22(27)16(3)25-17-6-8-18(9-7-17)28-21-11-5-15(2)13-24-21/h4-13,16,25H,1-3H3,(H,26,27). The zero-order chi connectivity index (χ0) is 20.1. The van der Waals surface area contributed by atoms with Crippen molar-refractivity contribution in [2.24, 2.45) is 0 Å². The summed E-state index contributed by atoms with van der Waals surface area (Å²) in [4.78, 5) is 16.5. The molecule has 0 radical (unpaired) electrons. The number of carbonyl (C=O) groups is 1. The van der Waals surface area contributed by atoms with Crippen molar-refractivity contribution in [3.05, 3.63) is 77.7 Å². The Labute approximate surface area is 163 Å². The highest BCUT2D eigenvalue weighted by Gasteiger charge is 2.15. The van der Waals surface area contributed by atoms with Gasteiger partial charge in [-0.1, -0.05) is 12.1 Å². The lowest BCUT2D eigenvalue weighted by molar-refractivity contribution is -0.116. The first-order valence-corrected chi connectivity index (χ1v) is 8.95. The number of rotatable bonds is 6. The van der Waals surface area contributed by atoms with E-state index in [0.29, 0.717) is 11.6 Å². The molecule has 0 fully saturated rings. The summed E-state index contributed by atoms with van der Waals surface area (Å²) in [5.74, 6) is 0.374. The van der Waals surface area contributed by atoms with Gasteiger partial charge >= 0.3 is 0 Å². The average molecular weight is 379 g/mol. The number of nitrogens with one attached hydrogen (secondary N) is 2. The number of amides is 1. The zero-order valence-corrected chi connectivity index (χ0v) is 16.0. The lowest BCUT2D eigenvalue weighted by atomic mass is 10.2. The van der Waals surface area contributed by atoms with Crippen molar-refractivity contribution in [1.82, 2.24) is 4.98 Å². The van der Waals surface area contributed by atoms with Crippen LogP contribution in [0, 0.1) is 19.7 Å². The van der Waals surface area contributed by atoms with Crippen LogP contribution in [-0.2, 0) is 4.79 Å². The molecular formula is C22H22FN3O2. The van der Waals surface area contributed by atoms with E-state index in [-0.39, 0.29) is 11.6 Å². The first-order chi connectivity index (χ1) is 13.4. The van der Waals surface area contributed by atoms with Crippen molar-refractivity contribution in [1.29, 1.82) is 0 Å². The summed E-state index contributed by atoms with van der Waals surface area (Å²) >= 11 is 0. The summed E-state index contributed by atoms with van der Waals surface area (Å²) in [5, 5.41) is 5.68. The van der Waals surface area contributed by atoms with Crippen LogP contribution >= 0.6 is 0 Å². The molecule has 1 atom stereocenters. The summed E-state index contributed by atoms with van der Waals surface area (Å²) in [6.45, 7) is 5.46. The molecule has 1 unspecified atom stereocenters. The highest BCUT2D eigenvalue weighted by Crippen LogP contribution is 2.22. The van der Waals surface area contributed by atoms with Gasteiger partial charge in [-0.25, -0.2) is 9.37 Å². The van der Waals surface area contributed by atoms with E-state index in [9.17, 15) is 9.18 Å². The maximum Gasteiger partial charge on any atom is 0.246 e. The van der Waals surface area contributed by atoms with Crippen LogP contribution in [0.4, 0.5) is 15.8 Å². The molecule has 0 aliphatic heterocycles. The van der Waals surface area contributed by atoms with Crippen LogP contribution in [0.15, 0.2) is 60.8 Å². The van der Waals surface area contributed by atoms with Crippen molar-refractivity contribution in [3.63, 3.8) is 0 Å². The van der Waals surface area contributed by atoms with Crippen molar-refractivity contribution < 1.29 is 13.9 Å². The molecule has 6 heteroatoms. The van der Waals surface area contributed by atoms with Gasteiger partial charge in [0.2, 0.25) is 11.8 Å². The molecule has 3 aromatic rings. The Balaban J connectivity index is 1.58. The molecule has 0 aliphatic rings. The predicted octanol–water partition coefficient (Wildman–Crippen LogP) is 5.07. The van der Waals surface area contributed by atoms with E-state index in [1.54, 1.807) is 62.5 Å². The third kappa shape index (κ3) is 5.07. The molecule has 3 rings (SSSR count). The Hall–Kier alpha value is -3.41. The maximum atomic E-state index is 13.9. The van der Waals surface area contributed by atoms with Crippen LogP contribution in [0.25, 0.3) is 0 Å². The molecule has 2 N–H and O–H groups in total. The molecular weight excluding hydrogens is 357 g/mol. The first-order valence-electron chi connectivity index (χ1n) is 8.95. The zero-order valence-electron chi connectivity index (χ0n) is 16.0. The minimum Gasteiger partial charge on any atom is -0.439 e. The summed E-state index contributed by atoms with van der Waals surface area (Å²) in [6.07, 6.45) is 1.74. The minimum absolute atomic E-state index is 0.165. The van der Waals surface area contributed by atoms with Crippen LogP contribution in [0.3, 0.4) is 0 Å². The fourth-order valence-corrected chi connectivity index (χ4v) is 2.53. The number of pyridine rings is 1. The van der Waals surface area contributed by atoms with Crippen molar-refractivity contribution in [2.45, 2.75) is 26.8 Å². The third-order valence-corrected chi connectivity index (χ3v) is 4.12. The summed E-state index contributed by atoms with van der Waals surface area (Å²) in [5.41, 5.74) is 2.77. The second-order valence-corrected chi connectivity index (χ2v) is 6.64. The van der Waals surface area contributed by atoms with Crippen LogP contribution < -0.4 is 15.4 Å². The fraction of sp³-hybridized carbons (Fsp3) is 0.182. The van der Waals surface area contributed by atoms with E-state index >= 15 is 0 Å². The lowest BCUT2D eigenvalue weighted by Crippen LogP contribution is -2.32. The highest BCUT2D eigenvalue weighted by molar-refractivity contribution is 5.96. The number of hydrogen-bond donors (Lipinski definition) is 2. The first kappa shape index (κ1) is 19.4. The number of aryl methyl sites for hydroxylation is 2. The summed E-state index contributed by atoms with van der Waals surface area (Å²) in [6, 6.07) is 15.1. The maximum absolute atomic E-state index is 13.9. The monoisotopic (exact) mass is 379 g/mol. The van der Waals surface area contributed by atoms with E-state index in [4.69, 9.17) is 4.74 Å².